The van der Waals surface area contributed by atoms with Gasteiger partial charge in [0.05, 0.1) is 31.4 Å². The van der Waals surface area contributed by atoms with Gasteiger partial charge in [0.2, 0.25) is 0 Å². The molecule has 0 fully saturated rings. The smallest absolute Gasteiger partial charge is 0.314 e. The minimum atomic E-state index is -1.08. The van der Waals surface area contributed by atoms with E-state index in [0.29, 0.717) is 0 Å². The number of halogens is 3. The van der Waals surface area contributed by atoms with Gasteiger partial charge < -0.3 is 10.6 Å². The SMILES string of the molecule is O=C(Nc1cc([N+](=O)[O-])ccc1Cl)C(=O)Nc1cccc(Cl)c1Cl. The Morgan fingerprint density at radius 2 is 1.54 bits per heavy atom. The molecule has 0 heterocycles. The van der Waals surface area contributed by atoms with Gasteiger partial charge in [0.15, 0.2) is 0 Å². The molecule has 0 aliphatic heterocycles. The fourth-order valence-electron chi connectivity index (χ4n) is 1.68. The summed E-state index contributed by atoms with van der Waals surface area (Å²) < 4.78 is 0. The van der Waals surface area contributed by atoms with Crippen LogP contribution in [0, 0.1) is 10.1 Å². The molecule has 0 atom stereocenters. The molecule has 0 radical (unpaired) electrons. The monoisotopic (exact) mass is 387 g/mol. The minimum absolute atomic E-state index is 0.0440. The summed E-state index contributed by atoms with van der Waals surface area (Å²) >= 11 is 17.6. The highest BCUT2D eigenvalue weighted by Gasteiger charge is 2.19. The summed E-state index contributed by atoms with van der Waals surface area (Å²) in [7, 11) is 0. The summed E-state index contributed by atoms with van der Waals surface area (Å²) in [4.78, 5) is 33.9. The van der Waals surface area contributed by atoms with Crippen molar-refractivity contribution in [1.82, 2.24) is 0 Å². The summed E-state index contributed by atoms with van der Waals surface area (Å²) in [6, 6.07) is 7.96. The van der Waals surface area contributed by atoms with Crippen molar-refractivity contribution in [2.75, 3.05) is 10.6 Å². The first kappa shape index (κ1) is 18.0. The second kappa shape index (κ2) is 7.48. The van der Waals surface area contributed by atoms with E-state index in [0.717, 1.165) is 6.07 Å². The van der Waals surface area contributed by atoms with Crippen molar-refractivity contribution < 1.29 is 14.5 Å². The first-order valence-electron chi connectivity index (χ1n) is 6.30. The van der Waals surface area contributed by atoms with Crippen LogP contribution in [0.25, 0.3) is 0 Å². The Labute approximate surface area is 150 Å². The standard InChI is InChI=1S/C14H8Cl3N3O4/c15-8-5-4-7(20(23)24)6-11(8)19-14(22)13(21)18-10-3-1-2-9(16)12(10)17/h1-6H,(H,18,21)(H,19,22). The molecule has 7 nitrogen and oxygen atoms in total. The third-order valence-electron chi connectivity index (χ3n) is 2.81. The molecule has 0 aromatic heterocycles. The van der Waals surface area contributed by atoms with Crippen molar-refractivity contribution in [2.45, 2.75) is 0 Å². The van der Waals surface area contributed by atoms with Gasteiger partial charge in [-0.25, -0.2) is 0 Å². The van der Waals surface area contributed by atoms with Crippen LogP contribution in [-0.2, 0) is 9.59 Å². The topological polar surface area (TPSA) is 101 Å². The van der Waals surface area contributed by atoms with Crippen molar-refractivity contribution in [3.63, 3.8) is 0 Å². The maximum Gasteiger partial charge on any atom is 0.314 e. The first-order valence-corrected chi connectivity index (χ1v) is 7.43. The number of nitro groups is 1. The summed E-state index contributed by atoms with van der Waals surface area (Å²) in [6.45, 7) is 0. The lowest BCUT2D eigenvalue weighted by Gasteiger charge is -2.09. The Kier molecular flexibility index (Phi) is 5.61. The van der Waals surface area contributed by atoms with Gasteiger partial charge in [-0.3, -0.25) is 19.7 Å². The number of anilines is 2. The van der Waals surface area contributed by atoms with Crippen molar-refractivity contribution in [3.05, 3.63) is 61.6 Å². The molecular formula is C14H8Cl3N3O4. The zero-order chi connectivity index (χ0) is 17.9. The summed E-state index contributed by atoms with van der Waals surface area (Å²) in [5, 5.41) is 15.5. The lowest BCUT2D eigenvalue weighted by Crippen LogP contribution is -2.29. The fourth-order valence-corrected chi connectivity index (χ4v) is 2.19. The van der Waals surface area contributed by atoms with Gasteiger partial charge in [0, 0.05) is 12.1 Å². The molecule has 2 amide bonds. The second-order valence-corrected chi connectivity index (χ2v) is 5.62. The number of carbonyl (C=O) groups excluding carboxylic acids is 2. The molecule has 0 bridgehead atoms. The molecule has 0 aliphatic carbocycles. The molecule has 2 aromatic rings. The number of nitro benzene ring substituents is 1. The van der Waals surface area contributed by atoms with Gasteiger partial charge in [0.1, 0.15) is 0 Å². The maximum atomic E-state index is 11.9. The first-order chi connectivity index (χ1) is 11.3. The quantitative estimate of drug-likeness (QED) is 0.469. The Morgan fingerprint density at radius 1 is 0.917 bits per heavy atom. The zero-order valence-corrected chi connectivity index (χ0v) is 13.9. The molecular weight excluding hydrogens is 381 g/mol. The van der Waals surface area contributed by atoms with Crippen molar-refractivity contribution in [2.24, 2.45) is 0 Å². The van der Waals surface area contributed by atoms with Gasteiger partial charge >= 0.3 is 11.8 Å². The molecule has 10 heteroatoms. The van der Waals surface area contributed by atoms with E-state index in [2.05, 4.69) is 10.6 Å². The van der Waals surface area contributed by atoms with E-state index in [9.17, 15) is 19.7 Å². The minimum Gasteiger partial charge on any atom is -0.316 e. The number of non-ortho nitro benzene ring substituents is 1. The number of carbonyl (C=O) groups is 2. The Balaban J connectivity index is 2.15. The van der Waals surface area contributed by atoms with Crippen molar-refractivity contribution in [3.8, 4) is 0 Å². The molecule has 2 N–H and O–H groups in total. The summed E-state index contributed by atoms with van der Waals surface area (Å²) in [5.74, 6) is -2.12. The predicted molar refractivity (Wildman–Crippen MR) is 91.8 cm³/mol. The number of rotatable bonds is 3. The fraction of sp³-hybridized carbons (Fsp3) is 0. The highest BCUT2D eigenvalue weighted by atomic mass is 35.5. The third-order valence-corrected chi connectivity index (χ3v) is 3.96. The molecule has 2 rings (SSSR count). The molecule has 124 valence electrons. The predicted octanol–water partition coefficient (Wildman–Crippen LogP) is 4.13. The van der Waals surface area contributed by atoms with Gasteiger partial charge in [-0.1, -0.05) is 40.9 Å². The molecule has 0 saturated heterocycles. The summed E-state index contributed by atoms with van der Waals surface area (Å²) in [6.07, 6.45) is 0. The highest BCUT2D eigenvalue weighted by Crippen LogP contribution is 2.30. The average Bonchev–Trinajstić information content (AvgIpc) is 2.53. The molecule has 0 saturated carbocycles. The largest absolute Gasteiger partial charge is 0.316 e. The number of hydrogen-bond donors (Lipinski definition) is 2. The normalized spacial score (nSPS) is 10.1. The van der Waals surface area contributed by atoms with Gasteiger partial charge in [-0.15, -0.1) is 0 Å². The Morgan fingerprint density at radius 3 is 2.17 bits per heavy atom. The number of amides is 2. The van der Waals surface area contributed by atoms with Crippen LogP contribution in [0.3, 0.4) is 0 Å². The number of benzene rings is 2. The molecule has 2 aromatic carbocycles. The maximum absolute atomic E-state index is 11.9. The summed E-state index contributed by atoms with van der Waals surface area (Å²) in [5.41, 5.74) is -0.203. The van der Waals surface area contributed by atoms with E-state index < -0.39 is 16.7 Å². The van der Waals surface area contributed by atoms with E-state index >= 15 is 0 Å². The van der Waals surface area contributed by atoms with E-state index in [1.165, 1.54) is 24.3 Å². The number of hydrogen-bond acceptors (Lipinski definition) is 4. The van der Waals surface area contributed by atoms with Crippen LogP contribution in [0.1, 0.15) is 0 Å². The molecule has 0 aliphatic rings. The van der Waals surface area contributed by atoms with E-state index in [1.807, 2.05) is 0 Å². The highest BCUT2D eigenvalue weighted by molar-refractivity contribution is 6.47. The Bertz CT molecular complexity index is 842. The number of nitrogens with one attached hydrogen (secondary N) is 2. The average molecular weight is 389 g/mol. The third kappa shape index (κ3) is 4.14. The second-order valence-electron chi connectivity index (χ2n) is 4.43. The van der Waals surface area contributed by atoms with Crippen LogP contribution < -0.4 is 10.6 Å². The lowest BCUT2D eigenvalue weighted by atomic mass is 10.2. The van der Waals surface area contributed by atoms with Crippen LogP contribution in [0.5, 0.6) is 0 Å². The van der Waals surface area contributed by atoms with Crippen LogP contribution in [0.15, 0.2) is 36.4 Å². The van der Waals surface area contributed by atoms with Crippen molar-refractivity contribution in [1.29, 1.82) is 0 Å². The van der Waals surface area contributed by atoms with Crippen LogP contribution in [0.2, 0.25) is 15.1 Å². The van der Waals surface area contributed by atoms with E-state index in [-0.39, 0.29) is 32.1 Å². The van der Waals surface area contributed by atoms with Gasteiger partial charge in [-0.2, -0.15) is 0 Å². The lowest BCUT2D eigenvalue weighted by molar-refractivity contribution is -0.384. The van der Waals surface area contributed by atoms with Gasteiger partial charge in [0.25, 0.3) is 5.69 Å². The molecule has 0 spiro atoms. The van der Waals surface area contributed by atoms with Crippen molar-refractivity contribution >= 4 is 63.7 Å². The molecule has 0 unspecified atom stereocenters. The van der Waals surface area contributed by atoms with Crippen LogP contribution >= 0.6 is 34.8 Å². The van der Waals surface area contributed by atoms with E-state index in [1.54, 1.807) is 6.07 Å². The van der Waals surface area contributed by atoms with Gasteiger partial charge in [-0.05, 0) is 18.2 Å². The number of nitrogens with zero attached hydrogens (tertiary/aromatic N) is 1. The zero-order valence-electron chi connectivity index (χ0n) is 11.7. The van der Waals surface area contributed by atoms with Crippen LogP contribution in [-0.4, -0.2) is 16.7 Å². The van der Waals surface area contributed by atoms with Crippen LogP contribution in [0.4, 0.5) is 17.1 Å². The van der Waals surface area contributed by atoms with E-state index in [4.69, 9.17) is 34.8 Å². The Hall–Kier alpha value is -2.35. The molecule has 24 heavy (non-hydrogen) atoms.